The van der Waals surface area contributed by atoms with Crippen LogP contribution in [0, 0.1) is 5.41 Å². The average molecular weight is 238 g/mol. The third kappa shape index (κ3) is 2.73. The highest BCUT2D eigenvalue weighted by molar-refractivity contribution is 5.81. The molecule has 4 heteroatoms. The Morgan fingerprint density at radius 2 is 2.12 bits per heavy atom. The lowest BCUT2D eigenvalue weighted by Gasteiger charge is -2.45. The first-order valence-electron chi connectivity index (χ1n) is 6.70. The van der Waals surface area contributed by atoms with Crippen molar-refractivity contribution in [1.29, 1.82) is 0 Å². The van der Waals surface area contributed by atoms with Crippen molar-refractivity contribution in [2.45, 2.75) is 32.7 Å². The van der Waals surface area contributed by atoms with Crippen molar-refractivity contribution >= 4 is 5.96 Å². The van der Waals surface area contributed by atoms with Crippen LogP contribution >= 0.6 is 0 Å². The molecular formula is C13H26N4. The van der Waals surface area contributed by atoms with Gasteiger partial charge in [0.15, 0.2) is 5.96 Å². The zero-order chi connectivity index (χ0) is 12.5. The molecule has 1 atom stereocenters. The fourth-order valence-corrected chi connectivity index (χ4v) is 3.05. The maximum absolute atomic E-state index is 4.49. The Hall–Kier alpha value is -0.770. The SMILES string of the molecule is CN1CCN=C1NCC1N(C)CCCC1(C)C. The highest BCUT2D eigenvalue weighted by Gasteiger charge is 2.35. The van der Waals surface area contributed by atoms with E-state index in [4.69, 9.17) is 0 Å². The summed E-state index contributed by atoms with van der Waals surface area (Å²) in [4.78, 5) is 9.18. The number of aliphatic imine (C=N–C) groups is 1. The van der Waals surface area contributed by atoms with E-state index in [1.165, 1.54) is 19.4 Å². The van der Waals surface area contributed by atoms with Gasteiger partial charge in [-0.1, -0.05) is 13.8 Å². The van der Waals surface area contributed by atoms with Crippen molar-refractivity contribution in [3.05, 3.63) is 0 Å². The molecule has 0 aromatic rings. The summed E-state index contributed by atoms with van der Waals surface area (Å²) in [6.45, 7) is 8.98. The molecule has 98 valence electrons. The summed E-state index contributed by atoms with van der Waals surface area (Å²) in [5.74, 6) is 1.07. The van der Waals surface area contributed by atoms with E-state index in [1.54, 1.807) is 0 Å². The molecule has 2 aliphatic heterocycles. The second-order valence-corrected chi connectivity index (χ2v) is 6.10. The van der Waals surface area contributed by atoms with Crippen LogP contribution in [0.25, 0.3) is 0 Å². The zero-order valence-electron chi connectivity index (χ0n) is 11.7. The largest absolute Gasteiger partial charge is 0.355 e. The first kappa shape index (κ1) is 12.7. The van der Waals surface area contributed by atoms with Crippen molar-refractivity contribution in [3.63, 3.8) is 0 Å². The lowest BCUT2D eigenvalue weighted by molar-refractivity contribution is 0.0609. The van der Waals surface area contributed by atoms with Gasteiger partial charge >= 0.3 is 0 Å². The fourth-order valence-electron chi connectivity index (χ4n) is 3.05. The summed E-state index contributed by atoms with van der Waals surface area (Å²) in [7, 11) is 4.35. The molecule has 0 bridgehead atoms. The summed E-state index contributed by atoms with van der Waals surface area (Å²) < 4.78 is 0. The highest BCUT2D eigenvalue weighted by Crippen LogP contribution is 2.33. The molecule has 0 aliphatic carbocycles. The maximum Gasteiger partial charge on any atom is 0.193 e. The minimum absolute atomic E-state index is 0.401. The molecule has 1 unspecified atom stereocenters. The Bertz CT molecular complexity index is 298. The van der Waals surface area contributed by atoms with E-state index in [0.29, 0.717) is 11.5 Å². The van der Waals surface area contributed by atoms with E-state index < -0.39 is 0 Å². The van der Waals surface area contributed by atoms with E-state index in [0.717, 1.165) is 25.6 Å². The van der Waals surface area contributed by atoms with Crippen molar-refractivity contribution in [2.24, 2.45) is 10.4 Å². The Labute approximate surface area is 105 Å². The summed E-state index contributed by atoms with van der Waals surface area (Å²) in [5, 5.41) is 3.52. The van der Waals surface area contributed by atoms with Gasteiger partial charge in [-0.2, -0.15) is 0 Å². The van der Waals surface area contributed by atoms with E-state index in [-0.39, 0.29) is 0 Å². The van der Waals surface area contributed by atoms with Crippen molar-refractivity contribution in [2.75, 3.05) is 40.3 Å². The van der Waals surface area contributed by atoms with Crippen LogP contribution in [0.2, 0.25) is 0 Å². The smallest absolute Gasteiger partial charge is 0.193 e. The summed E-state index contributed by atoms with van der Waals surface area (Å²) in [6.07, 6.45) is 2.65. The lowest BCUT2D eigenvalue weighted by atomic mass is 9.76. The van der Waals surface area contributed by atoms with Crippen LogP contribution in [0.5, 0.6) is 0 Å². The van der Waals surface area contributed by atoms with Crippen LogP contribution in [-0.4, -0.2) is 62.1 Å². The number of hydrogen-bond acceptors (Lipinski definition) is 4. The normalized spacial score (nSPS) is 29.3. The first-order chi connectivity index (χ1) is 8.00. The molecule has 0 saturated carbocycles. The van der Waals surface area contributed by atoms with Crippen LogP contribution < -0.4 is 5.32 Å². The Morgan fingerprint density at radius 1 is 1.35 bits per heavy atom. The molecule has 1 N–H and O–H groups in total. The van der Waals surface area contributed by atoms with Gasteiger partial charge in [0, 0.05) is 26.2 Å². The Kier molecular flexibility index (Phi) is 3.61. The van der Waals surface area contributed by atoms with Crippen LogP contribution in [0.4, 0.5) is 0 Å². The predicted octanol–water partition coefficient (Wildman–Crippen LogP) is 0.998. The minimum Gasteiger partial charge on any atom is -0.355 e. The molecule has 2 rings (SSSR count). The molecule has 0 amide bonds. The summed E-state index contributed by atoms with van der Waals surface area (Å²) in [6, 6.07) is 0.605. The van der Waals surface area contributed by atoms with Gasteiger partial charge in [-0.15, -0.1) is 0 Å². The van der Waals surface area contributed by atoms with Gasteiger partial charge < -0.3 is 15.1 Å². The monoisotopic (exact) mass is 238 g/mol. The molecule has 0 aromatic heterocycles. The van der Waals surface area contributed by atoms with Crippen LogP contribution in [0.15, 0.2) is 4.99 Å². The standard InChI is InChI=1S/C13H26N4/c1-13(2)6-5-8-16(3)11(13)10-15-12-14-7-9-17(12)4/h11H,5-10H2,1-4H3,(H,14,15). The molecular weight excluding hydrogens is 212 g/mol. The average Bonchev–Trinajstić information content (AvgIpc) is 2.63. The third-order valence-corrected chi connectivity index (χ3v) is 4.28. The van der Waals surface area contributed by atoms with Crippen molar-refractivity contribution in [3.8, 4) is 0 Å². The first-order valence-corrected chi connectivity index (χ1v) is 6.70. The number of likely N-dealkylation sites (N-methyl/N-ethyl adjacent to an activating group) is 2. The van der Waals surface area contributed by atoms with E-state index >= 15 is 0 Å². The van der Waals surface area contributed by atoms with Gasteiger partial charge in [0.25, 0.3) is 0 Å². The number of nitrogens with one attached hydrogen (secondary N) is 1. The summed E-state index contributed by atoms with van der Waals surface area (Å²) in [5.41, 5.74) is 0.401. The van der Waals surface area contributed by atoms with Crippen molar-refractivity contribution in [1.82, 2.24) is 15.1 Å². The molecule has 1 fully saturated rings. The minimum atomic E-state index is 0.401. The molecule has 2 heterocycles. The van der Waals surface area contributed by atoms with Gasteiger partial charge in [0.05, 0.1) is 6.54 Å². The molecule has 1 saturated heterocycles. The van der Waals surface area contributed by atoms with E-state index in [9.17, 15) is 0 Å². The molecule has 0 radical (unpaired) electrons. The molecule has 0 spiro atoms. The quantitative estimate of drug-likeness (QED) is 0.778. The molecule has 17 heavy (non-hydrogen) atoms. The van der Waals surface area contributed by atoms with Crippen LogP contribution in [0.3, 0.4) is 0 Å². The van der Waals surface area contributed by atoms with Crippen LogP contribution in [0.1, 0.15) is 26.7 Å². The number of nitrogens with zero attached hydrogens (tertiary/aromatic N) is 3. The topological polar surface area (TPSA) is 30.9 Å². The second kappa shape index (κ2) is 4.84. The number of piperidine rings is 1. The summed E-state index contributed by atoms with van der Waals surface area (Å²) >= 11 is 0. The van der Waals surface area contributed by atoms with Crippen molar-refractivity contribution < 1.29 is 0 Å². The van der Waals surface area contributed by atoms with E-state index in [1.807, 2.05) is 0 Å². The molecule has 0 aromatic carbocycles. The number of likely N-dealkylation sites (tertiary alicyclic amines) is 1. The predicted molar refractivity (Wildman–Crippen MR) is 72.4 cm³/mol. The second-order valence-electron chi connectivity index (χ2n) is 6.10. The number of hydrogen-bond donors (Lipinski definition) is 1. The Morgan fingerprint density at radius 3 is 2.71 bits per heavy atom. The third-order valence-electron chi connectivity index (χ3n) is 4.28. The Balaban J connectivity index is 1.92. The highest BCUT2D eigenvalue weighted by atomic mass is 15.3. The number of rotatable bonds is 2. The molecule has 4 nitrogen and oxygen atoms in total. The molecule has 2 aliphatic rings. The number of guanidine groups is 1. The lowest BCUT2D eigenvalue weighted by Crippen LogP contribution is -2.54. The van der Waals surface area contributed by atoms with Crippen LogP contribution in [-0.2, 0) is 0 Å². The van der Waals surface area contributed by atoms with Gasteiger partial charge in [0.1, 0.15) is 0 Å². The van der Waals surface area contributed by atoms with Gasteiger partial charge in [-0.3, -0.25) is 4.99 Å². The maximum atomic E-state index is 4.49. The zero-order valence-corrected chi connectivity index (χ0v) is 11.7. The van der Waals surface area contributed by atoms with Gasteiger partial charge in [0.2, 0.25) is 0 Å². The van der Waals surface area contributed by atoms with Gasteiger partial charge in [-0.25, -0.2) is 0 Å². The fraction of sp³-hybridized carbons (Fsp3) is 0.923. The van der Waals surface area contributed by atoms with E-state index in [2.05, 4.69) is 48.1 Å². The van der Waals surface area contributed by atoms with Gasteiger partial charge in [-0.05, 0) is 31.8 Å².